The van der Waals surface area contributed by atoms with E-state index in [1.807, 2.05) is 7.05 Å². The summed E-state index contributed by atoms with van der Waals surface area (Å²) in [5.74, 6) is 0. The lowest BCUT2D eigenvalue weighted by atomic mass is 10.0. The van der Waals surface area contributed by atoms with Crippen molar-refractivity contribution >= 4 is 6.29 Å². The number of hydrogen-bond donors (Lipinski definition) is 1. The van der Waals surface area contributed by atoms with Crippen LogP contribution in [0.1, 0.15) is 17.5 Å². The summed E-state index contributed by atoms with van der Waals surface area (Å²) in [7, 11) is 1.81. The zero-order chi connectivity index (χ0) is 10.4. The monoisotopic (exact) mass is 191 g/mol. The molecular formula is C12H17NO. The van der Waals surface area contributed by atoms with E-state index >= 15 is 0 Å². The van der Waals surface area contributed by atoms with Gasteiger partial charge in [0.25, 0.3) is 0 Å². The molecule has 1 aromatic carbocycles. The number of nitrogens with one attached hydrogen (secondary N) is 1. The fourth-order valence-corrected chi connectivity index (χ4v) is 1.47. The average Bonchev–Trinajstić information content (AvgIpc) is 2.19. The second-order valence-corrected chi connectivity index (χ2v) is 3.56. The fraction of sp³-hybridized carbons (Fsp3) is 0.417. The third-order valence-corrected chi connectivity index (χ3v) is 2.36. The molecule has 1 rings (SSSR count). The van der Waals surface area contributed by atoms with E-state index in [9.17, 15) is 4.79 Å². The second-order valence-electron chi connectivity index (χ2n) is 3.56. The Kier molecular flexibility index (Phi) is 4.33. The Morgan fingerprint density at radius 1 is 1.50 bits per heavy atom. The van der Waals surface area contributed by atoms with Gasteiger partial charge in [0.05, 0.1) is 6.04 Å². The minimum atomic E-state index is -0.0180. The first kappa shape index (κ1) is 10.9. The first-order chi connectivity index (χ1) is 6.76. The van der Waals surface area contributed by atoms with Crippen LogP contribution in [0, 0.1) is 6.92 Å². The van der Waals surface area contributed by atoms with Crippen molar-refractivity contribution in [2.75, 3.05) is 7.05 Å². The van der Waals surface area contributed by atoms with Gasteiger partial charge in [-0.2, -0.15) is 0 Å². The summed E-state index contributed by atoms with van der Waals surface area (Å²) < 4.78 is 0. The highest BCUT2D eigenvalue weighted by molar-refractivity contribution is 5.57. The van der Waals surface area contributed by atoms with Gasteiger partial charge in [0.1, 0.15) is 6.29 Å². The van der Waals surface area contributed by atoms with Crippen LogP contribution in [0.2, 0.25) is 0 Å². The number of hydrogen-bond acceptors (Lipinski definition) is 2. The van der Waals surface area contributed by atoms with Gasteiger partial charge in [-0.3, -0.25) is 0 Å². The van der Waals surface area contributed by atoms with E-state index in [4.69, 9.17) is 0 Å². The molecule has 0 saturated heterocycles. The normalized spacial score (nSPS) is 12.4. The molecule has 1 N–H and O–H groups in total. The van der Waals surface area contributed by atoms with Gasteiger partial charge in [-0.1, -0.05) is 29.8 Å². The molecule has 0 amide bonds. The van der Waals surface area contributed by atoms with Crippen LogP contribution in [0.4, 0.5) is 0 Å². The number of aldehydes is 1. The van der Waals surface area contributed by atoms with Crippen LogP contribution in [0.25, 0.3) is 0 Å². The Hall–Kier alpha value is -1.15. The van der Waals surface area contributed by atoms with E-state index in [0.717, 1.165) is 19.1 Å². The molecule has 0 bridgehead atoms. The molecule has 0 aliphatic carbocycles. The van der Waals surface area contributed by atoms with Gasteiger partial charge in [-0.05, 0) is 32.4 Å². The van der Waals surface area contributed by atoms with Gasteiger partial charge in [0.15, 0.2) is 0 Å². The number of benzene rings is 1. The zero-order valence-electron chi connectivity index (χ0n) is 8.79. The predicted octanol–water partition coefficient (Wildman–Crippen LogP) is 1.71. The highest BCUT2D eigenvalue weighted by atomic mass is 16.1. The Bertz CT molecular complexity index is 296. The van der Waals surface area contributed by atoms with Crippen molar-refractivity contribution in [3.63, 3.8) is 0 Å². The minimum absolute atomic E-state index is 0.0180. The van der Waals surface area contributed by atoms with Crippen LogP contribution >= 0.6 is 0 Å². The van der Waals surface area contributed by atoms with Crippen LogP contribution in [0.15, 0.2) is 24.3 Å². The molecule has 1 unspecified atom stereocenters. The molecule has 2 heteroatoms. The van der Waals surface area contributed by atoms with Gasteiger partial charge in [-0.15, -0.1) is 0 Å². The zero-order valence-corrected chi connectivity index (χ0v) is 8.79. The quantitative estimate of drug-likeness (QED) is 0.718. The topological polar surface area (TPSA) is 29.1 Å². The summed E-state index contributed by atoms with van der Waals surface area (Å²) >= 11 is 0. The standard InChI is InChI=1S/C12H17NO/c1-10-4-3-5-11(8-10)6-7-12(9-14)13-2/h3-5,8-9,12-13H,6-7H2,1-2H3. The van der Waals surface area contributed by atoms with Crippen molar-refractivity contribution < 1.29 is 4.79 Å². The van der Waals surface area contributed by atoms with Crippen LogP contribution in [-0.4, -0.2) is 19.4 Å². The minimum Gasteiger partial charge on any atom is -0.311 e. The van der Waals surface area contributed by atoms with Crippen LogP contribution in [0.5, 0.6) is 0 Å². The molecule has 0 saturated carbocycles. The maximum Gasteiger partial charge on any atom is 0.136 e. The molecule has 0 fully saturated rings. The molecule has 0 heterocycles. The summed E-state index contributed by atoms with van der Waals surface area (Å²) in [4.78, 5) is 10.6. The van der Waals surface area contributed by atoms with E-state index in [0.29, 0.717) is 0 Å². The van der Waals surface area contributed by atoms with Gasteiger partial charge < -0.3 is 10.1 Å². The van der Waals surface area contributed by atoms with Gasteiger partial charge in [-0.25, -0.2) is 0 Å². The molecular weight excluding hydrogens is 174 g/mol. The van der Waals surface area contributed by atoms with Gasteiger partial charge in [0, 0.05) is 0 Å². The molecule has 0 aliphatic rings. The fourth-order valence-electron chi connectivity index (χ4n) is 1.47. The SMILES string of the molecule is CNC(C=O)CCc1cccc(C)c1. The van der Waals surface area contributed by atoms with Crippen molar-refractivity contribution in [2.45, 2.75) is 25.8 Å². The highest BCUT2D eigenvalue weighted by Gasteiger charge is 2.03. The van der Waals surface area contributed by atoms with E-state index in [2.05, 4.69) is 36.5 Å². The summed E-state index contributed by atoms with van der Waals surface area (Å²) in [6.07, 6.45) is 2.78. The van der Waals surface area contributed by atoms with Crippen molar-refractivity contribution in [1.82, 2.24) is 5.32 Å². The number of rotatable bonds is 5. The van der Waals surface area contributed by atoms with Crippen LogP contribution in [0.3, 0.4) is 0 Å². The summed E-state index contributed by atoms with van der Waals surface area (Å²) in [5.41, 5.74) is 2.57. The third kappa shape index (κ3) is 3.30. The van der Waals surface area contributed by atoms with Crippen LogP contribution in [-0.2, 0) is 11.2 Å². The molecule has 2 nitrogen and oxygen atoms in total. The first-order valence-electron chi connectivity index (χ1n) is 4.94. The smallest absolute Gasteiger partial charge is 0.136 e. The second kappa shape index (κ2) is 5.55. The lowest BCUT2D eigenvalue weighted by Gasteiger charge is -2.08. The maximum absolute atomic E-state index is 10.6. The van der Waals surface area contributed by atoms with Gasteiger partial charge >= 0.3 is 0 Å². The predicted molar refractivity (Wildman–Crippen MR) is 58.4 cm³/mol. The molecule has 0 radical (unpaired) electrons. The lowest BCUT2D eigenvalue weighted by molar-refractivity contribution is -0.109. The molecule has 1 aromatic rings. The van der Waals surface area contributed by atoms with Crippen molar-refractivity contribution in [1.29, 1.82) is 0 Å². The third-order valence-electron chi connectivity index (χ3n) is 2.36. The summed E-state index contributed by atoms with van der Waals surface area (Å²) in [6, 6.07) is 8.39. The Morgan fingerprint density at radius 3 is 2.86 bits per heavy atom. The van der Waals surface area contributed by atoms with E-state index in [1.54, 1.807) is 0 Å². The molecule has 76 valence electrons. The molecule has 0 aliphatic heterocycles. The van der Waals surface area contributed by atoms with Crippen molar-refractivity contribution in [3.05, 3.63) is 35.4 Å². The molecule has 0 aromatic heterocycles. The number of carbonyl (C=O) groups excluding carboxylic acids is 1. The summed E-state index contributed by atoms with van der Waals surface area (Å²) in [5, 5.41) is 2.97. The maximum atomic E-state index is 10.6. The van der Waals surface area contributed by atoms with E-state index in [1.165, 1.54) is 11.1 Å². The molecule has 0 spiro atoms. The first-order valence-corrected chi connectivity index (χ1v) is 4.94. The average molecular weight is 191 g/mol. The Balaban J connectivity index is 2.48. The molecule has 1 atom stereocenters. The molecule has 14 heavy (non-hydrogen) atoms. The number of carbonyl (C=O) groups is 1. The Labute approximate surface area is 85.3 Å². The number of likely N-dealkylation sites (N-methyl/N-ethyl adjacent to an activating group) is 1. The highest BCUT2D eigenvalue weighted by Crippen LogP contribution is 2.07. The Morgan fingerprint density at radius 2 is 2.29 bits per heavy atom. The van der Waals surface area contributed by atoms with E-state index in [-0.39, 0.29) is 6.04 Å². The largest absolute Gasteiger partial charge is 0.311 e. The van der Waals surface area contributed by atoms with Crippen LogP contribution < -0.4 is 5.32 Å². The summed E-state index contributed by atoms with van der Waals surface area (Å²) in [6.45, 7) is 2.08. The van der Waals surface area contributed by atoms with E-state index < -0.39 is 0 Å². The van der Waals surface area contributed by atoms with Crippen molar-refractivity contribution in [2.24, 2.45) is 0 Å². The lowest BCUT2D eigenvalue weighted by Crippen LogP contribution is -2.26. The van der Waals surface area contributed by atoms with Gasteiger partial charge in [0.2, 0.25) is 0 Å². The number of aryl methyl sites for hydroxylation is 2. The van der Waals surface area contributed by atoms with Crippen molar-refractivity contribution in [3.8, 4) is 0 Å².